The van der Waals surface area contributed by atoms with Gasteiger partial charge in [-0.05, 0) is 42.7 Å². The Kier molecular flexibility index (Phi) is 4.29. The molecule has 0 aliphatic carbocycles. The van der Waals surface area contributed by atoms with Gasteiger partial charge in [-0.3, -0.25) is 9.78 Å². The van der Waals surface area contributed by atoms with Crippen LogP contribution in [0, 0.1) is 0 Å². The SMILES string of the molecule is CCc1ccc(C(=O)NC(C)c2cccnc2)cc1. The average molecular weight is 254 g/mol. The second-order valence-corrected chi connectivity index (χ2v) is 4.53. The second kappa shape index (κ2) is 6.14. The van der Waals surface area contributed by atoms with E-state index >= 15 is 0 Å². The van der Waals surface area contributed by atoms with E-state index in [1.807, 2.05) is 43.3 Å². The first-order chi connectivity index (χ1) is 9.20. The third-order valence-electron chi connectivity index (χ3n) is 3.16. The van der Waals surface area contributed by atoms with E-state index in [0.29, 0.717) is 5.56 Å². The summed E-state index contributed by atoms with van der Waals surface area (Å²) < 4.78 is 0. The van der Waals surface area contributed by atoms with Crippen LogP contribution >= 0.6 is 0 Å². The minimum atomic E-state index is -0.0565. The normalized spacial score (nSPS) is 11.9. The minimum absolute atomic E-state index is 0.0490. The summed E-state index contributed by atoms with van der Waals surface area (Å²) in [5.74, 6) is -0.0565. The van der Waals surface area contributed by atoms with E-state index in [9.17, 15) is 4.79 Å². The molecule has 0 aliphatic heterocycles. The Hall–Kier alpha value is -2.16. The number of rotatable bonds is 4. The number of aromatic nitrogens is 1. The van der Waals surface area contributed by atoms with Crippen LogP contribution in [0.1, 0.15) is 41.4 Å². The van der Waals surface area contributed by atoms with Gasteiger partial charge in [-0.25, -0.2) is 0 Å². The molecule has 0 radical (unpaired) electrons. The largest absolute Gasteiger partial charge is 0.345 e. The van der Waals surface area contributed by atoms with Gasteiger partial charge in [-0.2, -0.15) is 0 Å². The van der Waals surface area contributed by atoms with Crippen LogP contribution in [0.25, 0.3) is 0 Å². The van der Waals surface area contributed by atoms with Crippen molar-refractivity contribution >= 4 is 5.91 Å². The first-order valence-electron chi connectivity index (χ1n) is 6.50. The van der Waals surface area contributed by atoms with Crippen LogP contribution in [0.2, 0.25) is 0 Å². The van der Waals surface area contributed by atoms with Crippen molar-refractivity contribution in [3.05, 3.63) is 65.5 Å². The summed E-state index contributed by atoms with van der Waals surface area (Å²) in [5, 5.41) is 2.97. The second-order valence-electron chi connectivity index (χ2n) is 4.53. The molecule has 1 heterocycles. The minimum Gasteiger partial charge on any atom is -0.345 e. The van der Waals surface area contributed by atoms with Crippen molar-refractivity contribution < 1.29 is 4.79 Å². The lowest BCUT2D eigenvalue weighted by molar-refractivity contribution is 0.0940. The third-order valence-corrected chi connectivity index (χ3v) is 3.16. The molecule has 1 N–H and O–H groups in total. The molecule has 1 aromatic heterocycles. The molecule has 0 bridgehead atoms. The monoisotopic (exact) mass is 254 g/mol. The van der Waals surface area contributed by atoms with Gasteiger partial charge in [0.05, 0.1) is 6.04 Å². The molecule has 2 aromatic rings. The molecular weight excluding hydrogens is 236 g/mol. The summed E-state index contributed by atoms with van der Waals surface area (Å²) in [6.45, 7) is 4.05. The van der Waals surface area contributed by atoms with E-state index in [1.165, 1.54) is 5.56 Å². The summed E-state index contributed by atoms with van der Waals surface area (Å²) in [7, 11) is 0. The highest BCUT2D eigenvalue weighted by Gasteiger charge is 2.11. The van der Waals surface area contributed by atoms with Crippen molar-refractivity contribution in [3.63, 3.8) is 0 Å². The molecule has 3 heteroatoms. The molecule has 0 spiro atoms. The third kappa shape index (κ3) is 3.41. The smallest absolute Gasteiger partial charge is 0.251 e. The maximum Gasteiger partial charge on any atom is 0.251 e. The Labute approximate surface area is 113 Å². The molecule has 3 nitrogen and oxygen atoms in total. The first-order valence-corrected chi connectivity index (χ1v) is 6.50. The van der Waals surface area contributed by atoms with Crippen molar-refractivity contribution in [1.29, 1.82) is 0 Å². The fourth-order valence-corrected chi connectivity index (χ4v) is 1.89. The number of hydrogen-bond donors (Lipinski definition) is 1. The van der Waals surface area contributed by atoms with E-state index in [1.54, 1.807) is 12.4 Å². The van der Waals surface area contributed by atoms with Gasteiger partial charge in [0.1, 0.15) is 0 Å². The van der Waals surface area contributed by atoms with Gasteiger partial charge in [0.2, 0.25) is 0 Å². The fourth-order valence-electron chi connectivity index (χ4n) is 1.89. The number of nitrogens with zero attached hydrogens (tertiary/aromatic N) is 1. The van der Waals surface area contributed by atoms with E-state index in [2.05, 4.69) is 17.2 Å². The van der Waals surface area contributed by atoms with Gasteiger partial charge >= 0.3 is 0 Å². The highest BCUT2D eigenvalue weighted by molar-refractivity contribution is 5.94. The molecule has 0 saturated carbocycles. The number of hydrogen-bond acceptors (Lipinski definition) is 2. The molecule has 1 atom stereocenters. The Morgan fingerprint density at radius 3 is 2.58 bits per heavy atom. The first kappa shape index (κ1) is 13.3. The molecule has 19 heavy (non-hydrogen) atoms. The molecule has 1 unspecified atom stereocenters. The van der Waals surface area contributed by atoms with Crippen molar-refractivity contribution in [2.45, 2.75) is 26.3 Å². The quantitative estimate of drug-likeness (QED) is 0.910. The summed E-state index contributed by atoms with van der Waals surface area (Å²) in [4.78, 5) is 16.2. The highest BCUT2D eigenvalue weighted by atomic mass is 16.1. The van der Waals surface area contributed by atoms with Crippen LogP contribution in [0.15, 0.2) is 48.8 Å². The molecule has 1 amide bonds. The number of carbonyl (C=O) groups excluding carboxylic acids is 1. The Balaban J connectivity index is 2.04. The molecule has 0 fully saturated rings. The number of aryl methyl sites for hydroxylation is 1. The lowest BCUT2D eigenvalue weighted by Crippen LogP contribution is -2.26. The van der Waals surface area contributed by atoms with Gasteiger partial charge in [0.15, 0.2) is 0 Å². The topological polar surface area (TPSA) is 42.0 Å². The molecule has 1 aromatic carbocycles. The number of nitrogens with one attached hydrogen (secondary N) is 1. The zero-order chi connectivity index (χ0) is 13.7. The maximum atomic E-state index is 12.1. The molecule has 2 rings (SSSR count). The Morgan fingerprint density at radius 2 is 2.00 bits per heavy atom. The van der Waals surface area contributed by atoms with Gasteiger partial charge in [-0.1, -0.05) is 25.1 Å². The summed E-state index contributed by atoms with van der Waals surface area (Å²) >= 11 is 0. The Morgan fingerprint density at radius 1 is 1.26 bits per heavy atom. The van der Waals surface area contributed by atoms with Gasteiger partial charge in [-0.15, -0.1) is 0 Å². The summed E-state index contributed by atoms with van der Waals surface area (Å²) in [6.07, 6.45) is 4.47. The van der Waals surface area contributed by atoms with Crippen molar-refractivity contribution in [1.82, 2.24) is 10.3 Å². The molecule has 98 valence electrons. The average Bonchev–Trinajstić information content (AvgIpc) is 2.48. The van der Waals surface area contributed by atoms with Gasteiger partial charge < -0.3 is 5.32 Å². The van der Waals surface area contributed by atoms with E-state index in [4.69, 9.17) is 0 Å². The number of pyridine rings is 1. The lowest BCUT2D eigenvalue weighted by atomic mass is 10.1. The van der Waals surface area contributed by atoms with Gasteiger partial charge in [0.25, 0.3) is 5.91 Å². The van der Waals surface area contributed by atoms with Crippen LogP contribution in [0.4, 0.5) is 0 Å². The van der Waals surface area contributed by atoms with Crippen LogP contribution < -0.4 is 5.32 Å². The van der Waals surface area contributed by atoms with Crippen LogP contribution in [0.5, 0.6) is 0 Å². The van der Waals surface area contributed by atoms with Crippen molar-refractivity contribution in [2.24, 2.45) is 0 Å². The lowest BCUT2D eigenvalue weighted by Gasteiger charge is -2.14. The fraction of sp³-hybridized carbons (Fsp3) is 0.250. The highest BCUT2D eigenvalue weighted by Crippen LogP contribution is 2.12. The van der Waals surface area contributed by atoms with E-state index < -0.39 is 0 Å². The molecular formula is C16H18N2O. The number of amides is 1. The molecule has 0 saturated heterocycles. The van der Waals surface area contributed by atoms with Crippen molar-refractivity contribution in [2.75, 3.05) is 0 Å². The number of benzene rings is 1. The van der Waals surface area contributed by atoms with E-state index in [-0.39, 0.29) is 11.9 Å². The molecule has 0 aliphatic rings. The zero-order valence-electron chi connectivity index (χ0n) is 11.3. The predicted octanol–water partition coefficient (Wildman–Crippen LogP) is 3.14. The number of carbonyl (C=O) groups is 1. The zero-order valence-corrected chi connectivity index (χ0v) is 11.3. The summed E-state index contributed by atoms with van der Waals surface area (Å²) in [5.41, 5.74) is 2.92. The van der Waals surface area contributed by atoms with Crippen LogP contribution in [-0.2, 0) is 6.42 Å². The van der Waals surface area contributed by atoms with E-state index in [0.717, 1.165) is 12.0 Å². The summed E-state index contributed by atoms with van der Waals surface area (Å²) in [6, 6.07) is 11.5. The standard InChI is InChI=1S/C16H18N2O/c1-3-13-6-8-14(9-7-13)16(19)18-12(2)15-5-4-10-17-11-15/h4-12H,3H2,1-2H3,(H,18,19). The van der Waals surface area contributed by atoms with Crippen molar-refractivity contribution in [3.8, 4) is 0 Å². The van der Waals surface area contributed by atoms with Crippen LogP contribution in [0.3, 0.4) is 0 Å². The van der Waals surface area contributed by atoms with Crippen LogP contribution in [-0.4, -0.2) is 10.9 Å². The maximum absolute atomic E-state index is 12.1. The predicted molar refractivity (Wildman–Crippen MR) is 75.9 cm³/mol. The Bertz CT molecular complexity index is 534. The van der Waals surface area contributed by atoms with Gasteiger partial charge in [0, 0.05) is 18.0 Å².